The SMILES string of the molecule is CC(Cl)c1nnc(C2CSc3ccccc32)s1. The van der Waals surface area contributed by atoms with Crippen LogP contribution in [0.4, 0.5) is 0 Å². The molecule has 5 heteroatoms. The molecule has 17 heavy (non-hydrogen) atoms. The molecule has 88 valence electrons. The number of aromatic nitrogens is 2. The van der Waals surface area contributed by atoms with Crippen LogP contribution in [-0.4, -0.2) is 16.0 Å². The summed E-state index contributed by atoms with van der Waals surface area (Å²) >= 11 is 9.55. The van der Waals surface area contributed by atoms with E-state index in [0.29, 0.717) is 5.92 Å². The minimum atomic E-state index is -0.0504. The molecule has 0 saturated carbocycles. The lowest BCUT2D eigenvalue weighted by molar-refractivity contribution is 0.862. The molecular weight excluding hydrogens is 272 g/mol. The van der Waals surface area contributed by atoms with Crippen molar-refractivity contribution < 1.29 is 0 Å². The van der Waals surface area contributed by atoms with E-state index in [1.165, 1.54) is 10.5 Å². The first-order valence-corrected chi connectivity index (χ1v) is 7.68. The van der Waals surface area contributed by atoms with E-state index in [4.69, 9.17) is 11.6 Å². The first-order valence-electron chi connectivity index (χ1n) is 5.45. The maximum Gasteiger partial charge on any atom is 0.135 e. The largest absolute Gasteiger partial charge is 0.143 e. The lowest BCUT2D eigenvalue weighted by Crippen LogP contribution is -1.98. The average Bonchev–Trinajstić information content (AvgIpc) is 2.95. The van der Waals surface area contributed by atoms with Gasteiger partial charge in [-0.2, -0.15) is 0 Å². The molecule has 0 radical (unpaired) electrons. The predicted octanol–water partition coefficient (Wildman–Crippen LogP) is 4.08. The molecule has 0 aliphatic carbocycles. The molecule has 2 aromatic rings. The second kappa shape index (κ2) is 4.59. The van der Waals surface area contributed by atoms with E-state index in [1.54, 1.807) is 11.3 Å². The van der Waals surface area contributed by atoms with Gasteiger partial charge in [0.2, 0.25) is 0 Å². The quantitative estimate of drug-likeness (QED) is 0.777. The molecule has 1 aliphatic heterocycles. The summed E-state index contributed by atoms with van der Waals surface area (Å²) in [7, 11) is 0. The van der Waals surface area contributed by atoms with Gasteiger partial charge in [0.15, 0.2) is 0 Å². The van der Waals surface area contributed by atoms with Gasteiger partial charge in [-0.05, 0) is 18.6 Å². The highest BCUT2D eigenvalue weighted by Gasteiger charge is 2.27. The van der Waals surface area contributed by atoms with E-state index in [2.05, 4.69) is 34.5 Å². The molecule has 0 amide bonds. The summed E-state index contributed by atoms with van der Waals surface area (Å²) in [6.07, 6.45) is 0. The second-order valence-corrected chi connectivity index (χ2v) is 6.75. The zero-order chi connectivity index (χ0) is 11.8. The second-order valence-electron chi connectivity index (χ2n) is 4.00. The molecule has 0 fully saturated rings. The maximum absolute atomic E-state index is 6.03. The predicted molar refractivity (Wildman–Crippen MR) is 73.2 cm³/mol. The van der Waals surface area contributed by atoms with Crippen molar-refractivity contribution in [3.63, 3.8) is 0 Å². The first-order chi connectivity index (χ1) is 8.25. The number of hydrogen-bond acceptors (Lipinski definition) is 4. The smallest absolute Gasteiger partial charge is 0.135 e. The maximum atomic E-state index is 6.03. The summed E-state index contributed by atoms with van der Waals surface area (Å²) < 4.78 is 0. The van der Waals surface area contributed by atoms with Crippen molar-refractivity contribution in [1.82, 2.24) is 10.2 Å². The summed E-state index contributed by atoms with van der Waals surface area (Å²) in [5, 5.41) is 10.4. The Balaban J connectivity index is 1.95. The number of rotatable bonds is 2. The van der Waals surface area contributed by atoms with Crippen LogP contribution in [0.5, 0.6) is 0 Å². The Morgan fingerprint density at radius 3 is 2.94 bits per heavy atom. The Hall–Kier alpha value is -0.580. The number of fused-ring (bicyclic) bond motifs is 1. The van der Waals surface area contributed by atoms with Gasteiger partial charge in [-0.25, -0.2) is 0 Å². The van der Waals surface area contributed by atoms with Gasteiger partial charge in [0, 0.05) is 16.6 Å². The molecule has 2 nitrogen and oxygen atoms in total. The number of alkyl halides is 1. The fourth-order valence-corrected chi connectivity index (χ4v) is 4.33. The van der Waals surface area contributed by atoms with Crippen LogP contribution in [0.3, 0.4) is 0 Å². The van der Waals surface area contributed by atoms with Crippen molar-refractivity contribution in [3.05, 3.63) is 39.8 Å². The summed E-state index contributed by atoms with van der Waals surface area (Å²) in [6.45, 7) is 1.93. The Bertz CT molecular complexity index is 539. The third-order valence-corrected chi connectivity index (χ3v) is 5.53. The van der Waals surface area contributed by atoms with E-state index in [0.717, 1.165) is 15.8 Å². The fourth-order valence-electron chi connectivity index (χ4n) is 1.92. The first kappa shape index (κ1) is 11.5. The van der Waals surface area contributed by atoms with Crippen molar-refractivity contribution >= 4 is 34.7 Å². The van der Waals surface area contributed by atoms with Crippen molar-refractivity contribution in [2.45, 2.75) is 23.1 Å². The molecule has 0 bridgehead atoms. The zero-order valence-electron chi connectivity index (χ0n) is 9.26. The Morgan fingerprint density at radius 2 is 2.18 bits per heavy atom. The Morgan fingerprint density at radius 1 is 1.35 bits per heavy atom. The van der Waals surface area contributed by atoms with Gasteiger partial charge in [0.05, 0.1) is 5.38 Å². The van der Waals surface area contributed by atoms with Crippen molar-refractivity contribution in [1.29, 1.82) is 0 Å². The fraction of sp³-hybridized carbons (Fsp3) is 0.333. The van der Waals surface area contributed by atoms with E-state index < -0.39 is 0 Å². The third-order valence-electron chi connectivity index (χ3n) is 2.79. The van der Waals surface area contributed by atoms with Crippen molar-refractivity contribution in [3.8, 4) is 0 Å². The highest BCUT2D eigenvalue weighted by Crippen LogP contribution is 2.44. The summed E-state index contributed by atoms with van der Waals surface area (Å²) in [5.74, 6) is 1.45. The zero-order valence-corrected chi connectivity index (χ0v) is 11.6. The molecule has 0 spiro atoms. The molecule has 0 saturated heterocycles. The summed E-state index contributed by atoms with van der Waals surface area (Å²) in [4.78, 5) is 1.37. The third kappa shape index (κ3) is 2.09. The van der Waals surface area contributed by atoms with Crippen LogP contribution < -0.4 is 0 Å². The Labute approximate surface area is 113 Å². The molecule has 2 unspecified atom stereocenters. The highest BCUT2D eigenvalue weighted by atomic mass is 35.5. The van der Waals surface area contributed by atoms with Gasteiger partial charge in [-0.1, -0.05) is 29.5 Å². The minimum absolute atomic E-state index is 0.0504. The average molecular weight is 283 g/mol. The van der Waals surface area contributed by atoms with E-state index in [9.17, 15) is 0 Å². The van der Waals surface area contributed by atoms with Gasteiger partial charge in [0.25, 0.3) is 0 Å². The number of halogens is 1. The highest BCUT2D eigenvalue weighted by molar-refractivity contribution is 7.99. The molecule has 1 aliphatic rings. The van der Waals surface area contributed by atoms with Crippen LogP contribution in [0, 0.1) is 0 Å². The van der Waals surface area contributed by atoms with Crippen molar-refractivity contribution in [2.75, 3.05) is 5.75 Å². The standard InChI is InChI=1S/C12H11ClN2S2/c1-7(13)11-14-15-12(17-11)9-6-16-10-5-3-2-4-8(9)10/h2-5,7,9H,6H2,1H3. The van der Waals surface area contributed by atoms with E-state index >= 15 is 0 Å². The van der Waals surface area contributed by atoms with Gasteiger partial charge < -0.3 is 0 Å². The molecule has 0 N–H and O–H groups in total. The molecule has 2 heterocycles. The van der Waals surface area contributed by atoms with Crippen molar-refractivity contribution in [2.24, 2.45) is 0 Å². The molecule has 1 aromatic heterocycles. The lowest BCUT2D eigenvalue weighted by Gasteiger charge is -2.05. The lowest BCUT2D eigenvalue weighted by atomic mass is 10.0. The van der Waals surface area contributed by atoms with Crippen LogP contribution in [0.1, 0.15) is 33.8 Å². The normalized spacial score (nSPS) is 20.2. The van der Waals surface area contributed by atoms with E-state index in [-0.39, 0.29) is 5.38 Å². The topological polar surface area (TPSA) is 25.8 Å². The number of thioether (sulfide) groups is 1. The number of benzene rings is 1. The van der Waals surface area contributed by atoms with Crippen LogP contribution in [-0.2, 0) is 0 Å². The van der Waals surface area contributed by atoms with Crippen LogP contribution in [0.2, 0.25) is 0 Å². The van der Waals surface area contributed by atoms with Crippen LogP contribution in [0.25, 0.3) is 0 Å². The summed E-state index contributed by atoms with van der Waals surface area (Å²) in [6, 6.07) is 8.53. The van der Waals surface area contributed by atoms with Gasteiger partial charge in [-0.3, -0.25) is 0 Å². The van der Waals surface area contributed by atoms with Crippen LogP contribution >= 0.6 is 34.7 Å². The molecular formula is C12H11ClN2S2. The van der Waals surface area contributed by atoms with Gasteiger partial charge in [-0.15, -0.1) is 33.6 Å². The summed E-state index contributed by atoms with van der Waals surface area (Å²) in [5.41, 5.74) is 1.38. The molecule has 2 atom stereocenters. The van der Waals surface area contributed by atoms with Crippen LogP contribution in [0.15, 0.2) is 29.2 Å². The molecule has 3 rings (SSSR count). The monoisotopic (exact) mass is 282 g/mol. The minimum Gasteiger partial charge on any atom is -0.143 e. The number of nitrogens with zero attached hydrogens (tertiary/aromatic N) is 2. The van der Waals surface area contributed by atoms with E-state index in [1.807, 2.05) is 18.7 Å². The van der Waals surface area contributed by atoms with Gasteiger partial charge >= 0.3 is 0 Å². The molecule has 1 aromatic carbocycles. The Kier molecular flexibility index (Phi) is 3.11. The number of hydrogen-bond donors (Lipinski definition) is 0. The van der Waals surface area contributed by atoms with Gasteiger partial charge in [0.1, 0.15) is 10.0 Å².